The van der Waals surface area contributed by atoms with E-state index < -0.39 is 16.1 Å². The van der Waals surface area contributed by atoms with Crippen LogP contribution in [0.5, 0.6) is 0 Å². The van der Waals surface area contributed by atoms with Crippen molar-refractivity contribution in [3.63, 3.8) is 0 Å². The second-order valence-corrected chi connectivity index (χ2v) is 9.92. The number of sulfonamides is 1. The minimum atomic E-state index is -3.73. The number of hydrogen-bond acceptors (Lipinski definition) is 4. The van der Waals surface area contributed by atoms with Gasteiger partial charge in [0, 0.05) is 23.1 Å². The standard InChI is InChI=1S/C20H20Cl3NO4S/c21-16-6-4-5-14(9-16)19(12-25)28-13-15-10-20(18(23)11-17(15)22)29(26,27)24-7-2-1-3-8-24/h4-6,9-12,19H,1-3,7-8,13H2. The number of hydrogen-bond donors (Lipinski definition) is 0. The molecule has 29 heavy (non-hydrogen) atoms. The average Bonchev–Trinajstić information content (AvgIpc) is 2.70. The number of piperidine rings is 1. The highest BCUT2D eigenvalue weighted by molar-refractivity contribution is 7.89. The van der Waals surface area contributed by atoms with Gasteiger partial charge in [-0.15, -0.1) is 0 Å². The van der Waals surface area contributed by atoms with Crippen LogP contribution < -0.4 is 0 Å². The van der Waals surface area contributed by atoms with Crippen LogP contribution in [0.4, 0.5) is 0 Å². The van der Waals surface area contributed by atoms with Gasteiger partial charge in [0.25, 0.3) is 0 Å². The number of benzene rings is 2. The number of carbonyl (C=O) groups is 1. The largest absolute Gasteiger partial charge is 0.361 e. The lowest BCUT2D eigenvalue weighted by Crippen LogP contribution is -2.35. The van der Waals surface area contributed by atoms with E-state index in [9.17, 15) is 13.2 Å². The van der Waals surface area contributed by atoms with Gasteiger partial charge in [0.2, 0.25) is 10.0 Å². The number of nitrogens with zero attached hydrogens (tertiary/aromatic N) is 1. The summed E-state index contributed by atoms with van der Waals surface area (Å²) in [5.74, 6) is 0. The van der Waals surface area contributed by atoms with Crippen LogP contribution in [0.15, 0.2) is 41.3 Å². The fourth-order valence-corrected chi connectivity index (χ4v) is 5.74. The quantitative estimate of drug-likeness (QED) is 0.510. The van der Waals surface area contributed by atoms with Crippen LogP contribution >= 0.6 is 34.8 Å². The number of aldehydes is 1. The molecule has 1 aliphatic rings. The summed E-state index contributed by atoms with van der Waals surface area (Å²) >= 11 is 18.4. The molecule has 1 saturated heterocycles. The van der Waals surface area contributed by atoms with Gasteiger partial charge >= 0.3 is 0 Å². The molecule has 0 amide bonds. The summed E-state index contributed by atoms with van der Waals surface area (Å²) in [6.45, 7) is 0.874. The first kappa shape index (κ1) is 22.5. The summed E-state index contributed by atoms with van der Waals surface area (Å²) in [7, 11) is -3.73. The lowest BCUT2D eigenvalue weighted by Gasteiger charge is -2.26. The molecule has 3 rings (SSSR count). The van der Waals surface area contributed by atoms with Crippen molar-refractivity contribution < 1.29 is 17.9 Å². The van der Waals surface area contributed by atoms with Gasteiger partial charge in [0.05, 0.1) is 11.6 Å². The Morgan fingerprint density at radius 2 is 1.76 bits per heavy atom. The predicted molar refractivity (Wildman–Crippen MR) is 114 cm³/mol. The summed E-state index contributed by atoms with van der Waals surface area (Å²) in [4.78, 5) is 11.5. The first-order valence-electron chi connectivity index (χ1n) is 9.13. The van der Waals surface area contributed by atoms with E-state index in [0.717, 1.165) is 19.3 Å². The lowest BCUT2D eigenvalue weighted by atomic mass is 10.1. The Balaban J connectivity index is 1.84. The maximum atomic E-state index is 13.0. The normalized spacial score (nSPS) is 16.5. The zero-order chi connectivity index (χ0) is 21.0. The zero-order valence-electron chi connectivity index (χ0n) is 15.5. The smallest absolute Gasteiger partial charge is 0.244 e. The van der Waals surface area contributed by atoms with Crippen molar-refractivity contribution in [1.29, 1.82) is 0 Å². The third-order valence-corrected chi connectivity index (χ3v) is 7.70. The Morgan fingerprint density at radius 1 is 1.03 bits per heavy atom. The highest BCUT2D eigenvalue weighted by Gasteiger charge is 2.29. The highest BCUT2D eigenvalue weighted by Crippen LogP contribution is 2.33. The summed E-state index contributed by atoms with van der Waals surface area (Å²) in [5.41, 5.74) is 1.03. The second kappa shape index (κ2) is 9.77. The maximum Gasteiger partial charge on any atom is 0.244 e. The van der Waals surface area contributed by atoms with Gasteiger partial charge in [-0.3, -0.25) is 0 Å². The molecule has 0 radical (unpaired) electrons. The number of ether oxygens (including phenoxy) is 1. The summed E-state index contributed by atoms with van der Waals surface area (Å²) < 4.78 is 33.2. The molecule has 0 N–H and O–H groups in total. The van der Waals surface area contributed by atoms with Crippen molar-refractivity contribution in [2.24, 2.45) is 0 Å². The third kappa shape index (κ3) is 5.32. The van der Waals surface area contributed by atoms with E-state index >= 15 is 0 Å². The van der Waals surface area contributed by atoms with Crippen molar-refractivity contribution in [1.82, 2.24) is 4.31 Å². The van der Waals surface area contributed by atoms with Crippen molar-refractivity contribution in [2.45, 2.75) is 36.9 Å². The number of halogens is 3. The summed E-state index contributed by atoms with van der Waals surface area (Å²) in [6, 6.07) is 9.59. The molecule has 9 heteroatoms. The Bertz CT molecular complexity index is 991. The predicted octanol–water partition coefficient (Wildman–Crippen LogP) is 5.28. The van der Waals surface area contributed by atoms with Crippen molar-refractivity contribution in [3.8, 4) is 0 Å². The minimum absolute atomic E-state index is 0.00512. The molecule has 2 aromatic rings. The first-order valence-corrected chi connectivity index (χ1v) is 11.7. The fraction of sp³-hybridized carbons (Fsp3) is 0.350. The Labute approximate surface area is 185 Å². The van der Waals surface area contributed by atoms with E-state index in [4.69, 9.17) is 39.5 Å². The van der Waals surface area contributed by atoms with Crippen LogP contribution in [-0.2, 0) is 26.2 Å². The van der Waals surface area contributed by atoms with Gasteiger partial charge in [-0.05, 0) is 48.2 Å². The van der Waals surface area contributed by atoms with Gasteiger partial charge in [0.1, 0.15) is 11.0 Å². The van der Waals surface area contributed by atoms with Gasteiger partial charge in [-0.25, -0.2) is 8.42 Å². The number of rotatable bonds is 7. The monoisotopic (exact) mass is 475 g/mol. The van der Waals surface area contributed by atoms with E-state index in [1.165, 1.54) is 16.4 Å². The molecule has 0 spiro atoms. The van der Waals surface area contributed by atoms with Gasteiger partial charge < -0.3 is 9.53 Å². The molecular formula is C20H20Cl3NO4S. The second-order valence-electron chi connectivity index (χ2n) is 6.76. The van der Waals surface area contributed by atoms with E-state index in [0.29, 0.717) is 35.5 Å². The van der Waals surface area contributed by atoms with E-state index in [-0.39, 0.29) is 21.5 Å². The average molecular weight is 477 g/mol. The van der Waals surface area contributed by atoms with Crippen LogP contribution in [0.1, 0.15) is 36.5 Å². The molecule has 0 aliphatic carbocycles. The molecule has 0 aromatic heterocycles. The maximum absolute atomic E-state index is 13.0. The molecular weight excluding hydrogens is 457 g/mol. The molecule has 2 aromatic carbocycles. The van der Waals surface area contributed by atoms with Gasteiger partial charge in [-0.2, -0.15) is 4.31 Å². The van der Waals surface area contributed by atoms with Crippen LogP contribution in [0.25, 0.3) is 0 Å². The molecule has 0 bridgehead atoms. The van der Waals surface area contributed by atoms with Crippen molar-refractivity contribution >= 4 is 51.1 Å². The van der Waals surface area contributed by atoms with Crippen LogP contribution in [0.3, 0.4) is 0 Å². The van der Waals surface area contributed by atoms with E-state index in [2.05, 4.69) is 0 Å². The fourth-order valence-electron chi connectivity index (χ4n) is 3.20. The molecule has 156 valence electrons. The summed E-state index contributed by atoms with van der Waals surface area (Å²) in [5, 5.41) is 0.812. The first-order chi connectivity index (χ1) is 13.8. The Morgan fingerprint density at radius 3 is 2.41 bits per heavy atom. The van der Waals surface area contributed by atoms with E-state index in [1.54, 1.807) is 24.3 Å². The van der Waals surface area contributed by atoms with E-state index in [1.807, 2.05) is 0 Å². The Kier molecular flexibility index (Phi) is 7.59. The van der Waals surface area contributed by atoms with Gasteiger partial charge in [-0.1, -0.05) is 53.4 Å². The SMILES string of the molecule is O=CC(OCc1cc(S(=O)(=O)N2CCCCC2)c(Cl)cc1Cl)c1cccc(Cl)c1. The zero-order valence-corrected chi connectivity index (χ0v) is 18.6. The van der Waals surface area contributed by atoms with Crippen LogP contribution in [-0.4, -0.2) is 32.1 Å². The lowest BCUT2D eigenvalue weighted by molar-refractivity contribution is -0.119. The van der Waals surface area contributed by atoms with Crippen LogP contribution in [0, 0.1) is 0 Å². The molecule has 1 atom stereocenters. The van der Waals surface area contributed by atoms with Crippen molar-refractivity contribution in [2.75, 3.05) is 13.1 Å². The third-order valence-electron chi connectivity index (χ3n) is 4.75. The molecule has 1 aliphatic heterocycles. The number of carbonyl (C=O) groups excluding carboxylic acids is 1. The molecule has 5 nitrogen and oxygen atoms in total. The molecule has 1 fully saturated rings. The van der Waals surface area contributed by atoms with Crippen LogP contribution in [0.2, 0.25) is 15.1 Å². The molecule has 1 heterocycles. The Hall–Kier alpha value is -1.15. The highest BCUT2D eigenvalue weighted by atomic mass is 35.5. The molecule has 1 unspecified atom stereocenters. The molecule has 0 saturated carbocycles. The van der Waals surface area contributed by atoms with Gasteiger partial charge in [0.15, 0.2) is 6.29 Å². The topological polar surface area (TPSA) is 63.7 Å². The summed E-state index contributed by atoms with van der Waals surface area (Å²) in [6.07, 6.45) is 2.45. The van der Waals surface area contributed by atoms with Crippen molar-refractivity contribution in [3.05, 3.63) is 62.6 Å². The minimum Gasteiger partial charge on any atom is -0.361 e.